The van der Waals surface area contributed by atoms with Crippen LogP contribution >= 0.6 is 0 Å². The first-order valence-electron chi connectivity index (χ1n) is 6.93. The first-order valence-corrected chi connectivity index (χ1v) is 6.93. The number of nitrogens with two attached hydrogens (primary N) is 1. The summed E-state index contributed by atoms with van der Waals surface area (Å²) in [6.45, 7) is 10.7. The van der Waals surface area contributed by atoms with Crippen molar-refractivity contribution in [1.82, 2.24) is 4.90 Å². The summed E-state index contributed by atoms with van der Waals surface area (Å²) in [5.74, 6) is 0.937. The molecule has 1 fully saturated rings. The second kappa shape index (κ2) is 6.26. The zero-order valence-electron chi connectivity index (χ0n) is 12.1. The molecule has 0 saturated carbocycles. The summed E-state index contributed by atoms with van der Waals surface area (Å²) in [5, 5.41) is 0. The van der Waals surface area contributed by atoms with Gasteiger partial charge in [0.15, 0.2) is 0 Å². The molecule has 0 radical (unpaired) electrons. The van der Waals surface area contributed by atoms with Crippen LogP contribution in [-0.2, 0) is 4.74 Å². The molecular formula is C15H24N2O2. The Hall–Kier alpha value is -1.26. The minimum atomic E-state index is 0.157. The summed E-state index contributed by atoms with van der Waals surface area (Å²) < 4.78 is 11.7. The summed E-state index contributed by atoms with van der Waals surface area (Å²) in [6.07, 6.45) is 0.157. The van der Waals surface area contributed by atoms with Gasteiger partial charge in [0.05, 0.1) is 6.61 Å². The highest BCUT2D eigenvalue weighted by atomic mass is 16.5. The topological polar surface area (TPSA) is 47.7 Å². The Kier molecular flexibility index (Phi) is 4.66. The molecule has 1 saturated heterocycles. The Morgan fingerprint density at radius 3 is 2.68 bits per heavy atom. The predicted octanol–water partition coefficient (Wildman–Crippen LogP) is 1.99. The lowest BCUT2D eigenvalue weighted by molar-refractivity contribution is -0.0465. The second-order valence-corrected chi connectivity index (χ2v) is 5.18. The van der Waals surface area contributed by atoms with Gasteiger partial charge >= 0.3 is 0 Å². The van der Waals surface area contributed by atoms with Crippen LogP contribution in [-0.4, -0.2) is 43.9 Å². The van der Waals surface area contributed by atoms with E-state index >= 15 is 0 Å². The summed E-state index contributed by atoms with van der Waals surface area (Å²) >= 11 is 0. The van der Waals surface area contributed by atoms with Gasteiger partial charge in [-0.1, -0.05) is 6.92 Å². The van der Waals surface area contributed by atoms with Crippen molar-refractivity contribution < 1.29 is 9.47 Å². The molecule has 0 spiro atoms. The number of ether oxygens (including phenoxy) is 2. The maximum absolute atomic E-state index is 5.95. The molecule has 1 unspecified atom stereocenters. The largest absolute Gasteiger partial charge is 0.490 e. The third-order valence-corrected chi connectivity index (χ3v) is 3.57. The van der Waals surface area contributed by atoms with E-state index in [0.29, 0.717) is 6.61 Å². The van der Waals surface area contributed by atoms with Crippen LogP contribution in [0.1, 0.15) is 18.1 Å². The van der Waals surface area contributed by atoms with Gasteiger partial charge < -0.3 is 15.2 Å². The van der Waals surface area contributed by atoms with E-state index in [9.17, 15) is 0 Å². The highest BCUT2D eigenvalue weighted by Crippen LogP contribution is 2.26. The molecule has 1 aromatic carbocycles. The zero-order chi connectivity index (χ0) is 13.8. The highest BCUT2D eigenvalue weighted by Gasteiger charge is 2.20. The van der Waals surface area contributed by atoms with Crippen LogP contribution in [0.2, 0.25) is 0 Å². The highest BCUT2D eigenvalue weighted by molar-refractivity contribution is 5.52. The van der Waals surface area contributed by atoms with Crippen LogP contribution in [0, 0.1) is 13.8 Å². The molecule has 1 aliphatic heterocycles. The average molecular weight is 264 g/mol. The standard InChI is InChI=1S/C15H24N2O2/c1-4-17-5-6-18-14(9-17)10-19-15-11(2)7-13(16)8-12(15)3/h7-8,14H,4-6,9-10,16H2,1-3H3. The minimum Gasteiger partial charge on any atom is -0.490 e. The molecule has 0 bridgehead atoms. The van der Waals surface area contributed by atoms with E-state index < -0.39 is 0 Å². The van der Waals surface area contributed by atoms with E-state index in [4.69, 9.17) is 15.2 Å². The monoisotopic (exact) mass is 264 g/mol. The maximum atomic E-state index is 5.95. The third-order valence-electron chi connectivity index (χ3n) is 3.57. The number of rotatable bonds is 4. The molecule has 106 valence electrons. The molecule has 0 amide bonds. The molecule has 4 nitrogen and oxygen atoms in total. The van der Waals surface area contributed by atoms with Crippen molar-refractivity contribution in [2.75, 3.05) is 38.6 Å². The molecule has 1 aliphatic rings. The van der Waals surface area contributed by atoms with Crippen LogP contribution in [0.25, 0.3) is 0 Å². The molecule has 2 N–H and O–H groups in total. The number of aryl methyl sites for hydroxylation is 2. The molecule has 0 aliphatic carbocycles. The number of nitrogens with zero attached hydrogens (tertiary/aromatic N) is 1. The summed E-state index contributed by atoms with van der Waals surface area (Å²) in [7, 11) is 0. The number of anilines is 1. The quantitative estimate of drug-likeness (QED) is 0.845. The van der Waals surface area contributed by atoms with E-state index in [-0.39, 0.29) is 6.10 Å². The van der Waals surface area contributed by atoms with Gasteiger partial charge in [-0.3, -0.25) is 4.90 Å². The third kappa shape index (κ3) is 3.61. The van der Waals surface area contributed by atoms with Crippen molar-refractivity contribution in [3.63, 3.8) is 0 Å². The van der Waals surface area contributed by atoms with Crippen molar-refractivity contribution >= 4 is 5.69 Å². The SMILES string of the molecule is CCN1CCOC(COc2c(C)cc(N)cc2C)C1. The molecule has 1 aromatic rings. The fourth-order valence-electron chi connectivity index (χ4n) is 2.56. The van der Waals surface area contributed by atoms with Gasteiger partial charge in [-0.05, 0) is 43.7 Å². The molecule has 19 heavy (non-hydrogen) atoms. The van der Waals surface area contributed by atoms with Gasteiger partial charge in [0.1, 0.15) is 18.5 Å². The van der Waals surface area contributed by atoms with Gasteiger partial charge in [-0.15, -0.1) is 0 Å². The van der Waals surface area contributed by atoms with Crippen molar-refractivity contribution in [3.05, 3.63) is 23.3 Å². The lowest BCUT2D eigenvalue weighted by atomic mass is 10.1. The zero-order valence-corrected chi connectivity index (χ0v) is 12.1. The smallest absolute Gasteiger partial charge is 0.125 e. The van der Waals surface area contributed by atoms with Crippen LogP contribution in [0.5, 0.6) is 5.75 Å². The number of hydrogen-bond acceptors (Lipinski definition) is 4. The Labute approximate surface area is 115 Å². The lowest BCUT2D eigenvalue weighted by Gasteiger charge is -2.32. The number of nitrogen functional groups attached to an aromatic ring is 1. The second-order valence-electron chi connectivity index (χ2n) is 5.18. The van der Waals surface area contributed by atoms with E-state index in [0.717, 1.165) is 48.8 Å². The fraction of sp³-hybridized carbons (Fsp3) is 0.600. The Bertz CT molecular complexity index is 411. The first-order chi connectivity index (χ1) is 9.10. The van der Waals surface area contributed by atoms with Crippen LogP contribution in [0.15, 0.2) is 12.1 Å². The normalized spacial score (nSPS) is 20.5. The Morgan fingerprint density at radius 2 is 2.05 bits per heavy atom. The molecule has 4 heteroatoms. The number of morpholine rings is 1. The predicted molar refractivity (Wildman–Crippen MR) is 77.7 cm³/mol. The summed E-state index contributed by atoms with van der Waals surface area (Å²) in [4.78, 5) is 2.39. The number of benzene rings is 1. The number of hydrogen-bond donors (Lipinski definition) is 1. The fourth-order valence-corrected chi connectivity index (χ4v) is 2.56. The molecule has 2 rings (SSSR count). The molecular weight excluding hydrogens is 240 g/mol. The van der Waals surface area contributed by atoms with Crippen molar-refractivity contribution in [3.8, 4) is 5.75 Å². The lowest BCUT2D eigenvalue weighted by Crippen LogP contribution is -2.44. The van der Waals surface area contributed by atoms with E-state index in [1.165, 1.54) is 0 Å². The Balaban J connectivity index is 1.95. The van der Waals surface area contributed by atoms with Gasteiger partial charge in [-0.25, -0.2) is 0 Å². The summed E-state index contributed by atoms with van der Waals surface area (Å²) in [5.41, 5.74) is 8.77. The minimum absolute atomic E-state index is 0.157. The van der Waals surface area contributed by atoms with Gasteiger partial charge in [0.25, 0.3) is 0 Å². The van der Waals surface area contributed by atoms with Gasteiger partial charge in [0, 0.05) is 18.8 Å². The number of likely N-dealkylation sites (N-methyl/N-ethyl adjacent to an activating group) is 1. The first kappa shape index (κ1) is 14.2. The summed E-state index contributed by atoms with van der Waals surface area (Å²) in [6, 6.07) is 3.89. The van der Waals surface area contributed by atoms with Crippen LogP contribution in [0.3, 0.4) is 0 Å². The van der Waals surface area contributed by atoms with Crippen LogP contribution in [0.4, 0.5) is 5.69 Å². The molecule has 0 aromatic heterocycles. The van der Waals surface area contributed by atoms with Crippen molar-refractivity contribution in [2.24, 2.45) is 0 Å². The van der Waals surface area contributed by atoms with Crippen molar-refractivity contribution in [1.29, 1.82) is 0 Å². The van der Waals surface area contributed by atoms with Gasteiger partial charge in [-0.2, -0.15) is 0 Å². The van der Waals surface area contributed by atoms with Gasteiger partial charge in [0.2, 0.25) is 0 Å². The van der Waals surface area contributed by atoms with Crippen LogP contribution < -0.4 is 10.5 Å². The van der Waals surface area contributed by atoms with E-state index in [1.54, 1.807) is 0 Å². The van der Waals surface area contributed by atoms with Crippen molar-refractivity contribution in [2.45, 2.75) is 26.9 Å². The molecule has 1 heterocycles. The Morgan fingerprint density at radius 1 is 1.37 bits per heavy atom. The molecule has 1 atom stereocenters. The van der Waals surface area contributed by atoms with E-state index in [1.807, 2.05) is 26.0 Å². The maximum Gasteiger partial charge on any atom is 0.125 e. The average Bonchev–Trinajstić information content (AvgIpc) is 2.37. The van der Waals surface area contributed by atoms with E-state index in [2.05, 4.69) is 11.8 Å².